The fourth-order valence-corrected chi connectivity index (χ4v) is 5.49. The van der Waals surface area contributed by atoms with E-state index in [-0.39, 0.29) is 11.3 Å². The number of ether oxygens (including phenoxy) is 1. The van der Waals surface area contributed by atoms with Crippen molar-refractivity contribution in [2.24, 2.45) is 0 Å². The average molecular weight is 445 g/mol. The highest BCUT2D eigenvalue weighted by atomic mass is 32.2. The zero-order chi connectivity index (χ0) is 22.6. The van der Waals surface area contributed by atoms with Crippen LogP contribution in [0.5, 0.6) is 0 Å². The number of aryl methyl sites for hydroxylation is 2. The highest BCUT2D eigenvalue weighted by Crippen LogP contribution is 2.34. The summed E-state index contributed by atoms with van der Waals surface area (Å²) in [4.78, 5) is 13.2. The smallest absolute Gasteiger partial charge is 0.243 e. The van der Waals surface area contributed by atoms with E-state index in [1.54, 1.807) is 6.92 Å². The monoisotopic (exact) mass is 444 g/mol. The van der Waals surface area contributed by atoms with E-state index >= 15 is 0 Å². The van der Waals surface area contributed by atoms with Gasteiger partial charge in [-0.1, -0.05) is 42.5 Å². The Bertz CT molecular complexity index is 1020. The van der Waals surface area contributed by atoms with E-state index in [0.717, 1.165) is 30.2 Å². The molecule has 168 valence electrons. The molecule has 3 rings (SSSR count). The summed E-state index contributed by atoms with van der Waals surface area (Å²) >= 11 is 0. The van der Waals surface area contributed by atoms with Gasteiger partial charge >= 0.3 is 0 Å². The quantitative estimate of drug-likeness (QED) is 0.711. The Kier molecular flexibility index (Phi) is 7.06. The maximum atomic E-state index is 13.2. The number of hydrogen-bond acceptors (Lipinski definition) is 4. The largest absolute Gasteiger partial charge is 0.381 e. The summed E-state index contributed by atoms with van der Waals surface area (Å²) in [6, 6.07) is 14.9. The number of rotatable bonds is 7. The number of nitrogens with zero attached hydrogens (tertiary/aromatic N) is 1. The number of benzene rings is 2. The third kappa shape index (κ3) is 5.28. The minimum Gasteiger partial charge on any atom is -0.381 e. The SMILES string of the molecule is Cc1ccc(C)c(N(C(C)C(=O)NCC2(c3ccccc3)CCOCC2)S(C)(=O)=O)c1. The molecule has 2 aromatic carbocycles. The lowest BCUT2D eigenvalue weighted by atomic mass is 9.74. The predicted molar refractivity (Wildman–Crippen MR) is 124 cm³/mol. The van der Waals surface area contributed by atoms with Gasteiger partial charge in [0, 0.05) is 25.2 Å². The number of hydrogen-bond donors (Lipinski definition) is 1. The second-order valence-corrected chi connectivity index (χ2v) is 10.4. The number of anilines is 1. The Morgan fingerprint density at radius 1 is 1.13 bits per heavy atom. The molecule has 1 aliphatic heterocycles. The van der Waals surface area contributed by atoms with Crippen molar-refractivity contribution in [2.45, 2.75) is 45.1 Å². The van der Waals surface area contributed by atoms with Gasteiger partial charge in [-0.3, -0.25) is 9.10 Å². The van der Waals surface area contributed by atoms with Gasteiger partial charge in [0.15, 0.2) is 0 Å². The van der Waals surface area contributed by atoms with Gasteiger partial charge in [-0.25, -0.2) is 8.42 Å². The van der Waals surface area contributed by atoms with Gasteiger partial charge < -0.3 is 10.1 Å². The van der Waals surface area contributed by atoms with Crippen LogP contribution in [0.25, 0.3) is 0 Å². The first-order chi connectivity index (χ1) is 14.6. The Hall–Kier alpha value is -2.38. The molecule has 0 saturated carbocycles. The summed E-state index contributed by atoms with van der Waals surface area (Å²) in [5.74, 6) is -0.312. The van der Waals surface area contributed by atoms with Crippen LogP contribution in [0.3, 0.4) is 0 Å². The zero-order valence-corrected chi connectivity index (χ0v) is 19.5. The molecule has 0 aliphatic carbocycles. The van der Waals surface area contributed by atoms with E-state index in [2.05, 4.69) is 17.4 Å². The molecule has 1 heterocycles. The molecule has 1 aliphatic rings. The average Bonchev–Trinajstić information content (AvgIpc) is 2.75. The molecule has 6 nitrogen and oxygen atoms in total. The molecule has 1 amide bonds. The number of carbonyl (C=O) groups is 1. The molecule has 2 aromatic rings. The van der Waals surface area contributed by atoms with Crippen LogP contribution in [0.2, 0.25) is 0 Å². The van der Waals surface area contributed by atoms with E-state index < -0.39 is 16.1 Å². The lowest BCUT2D eigenvalue weighted by Crippen LogP contribution is -2.52. The van der Waals surface area contributed by atoms with Crippen LogP contribution in [0, 0.1) is 13.8 Å². The van der Waals surface area contributed by atoms with Crippen molar-refractivity contribution in [3.05, 3.63) is 65.2 Å². The van der Waals surface area contributed by atoms with Crippen molar-refractivity contribution >= 4 is 21.6 Å². The maximum absolute atomic E-state index is 13.2. The Balaban J connectivity index is 1.84. The van der Waals surface area contributed by atoms with Gasteiger partial charge in [0.05, 0.1) is 11.9 Å². The first kappa shape index (κ1) is 23.3. The number of carbonyl (C=O) groups excluding carboxylic acids is 1. The van der Waals surface area contributed by atoms with Crippen molar-refractivity contribution < 1.29 is 17.9 Å². The lowest BCUT2D eigenvalue weighted by molar-refractivity contribution is -0.122. The van der Waals surface area contributed by atoms with Gasteiger partial charge in [-0.05, 0) is 56.4 Å². The van der Waals surface area contributed by atoms with Crippen molar-refractivity contribution in [3.63, 3.8) is 0 Å². The number of nitrogens with one attached hydrogen (secondary N) is 1. The minimum absolute atomic E-state index is 0.218. The summed E-state index contributed by atoms with van der Waals surface area (Å²) in [5.41, 5.74) is 3.23. The van der Waals surface area contributed by atoms with Crippen molar-refractivity contribution in [1.82, 2.24) is 5.32 Å². The molecule has 1 fully saturated rings. The summed E-state index contributed by atoms with van der Waals surface area (Å²) in [7, 11) is -3.66. The minimum atomic E-state index is -3.66. The van der Waals surface area contributed by atoms with Crippen molar-refractivity contribution in [1.29, 1.82) is 0 Å². The van der Waals surface area contributed by atoms with Gasteiger partial charge in [-0.15, -0.1) is 0 Å². The molecule has 0 spiro atoms. The Labute approximate surface area is 185 Å². The van der Waals surface area contributed by atoms with Crippen molar-refractivity contribution in [3.8, 4) is 0 Å². The molecule has 1 N–H and O–H groups in total. The number of sulfonamides is 1. The third-order valence-electron chi connectivity index (χ3n) is 6.13. The number of amides is 1. The summed E-state index contributed by atoms with van der Waals surface area (Å²) in [5, 5.41) is 3.05. The molecule has 1 saturated heterocycles. The van der Waals surface area contributed by atoms with Crippen LogP contribution in [0.15, 0.2) is 48.5 Å². The van der Waals surface area contributed by atoms with E-state index in [0.29, 0.717) is 25.4 Å². The van der Waals surface area contributed by atoms with Crippen LogP contribution >= 0.6 is 0 Å². The Morgan fingerprint density at radius 2 is 1.77 bits per heavy atom. The standard InChI is InChI=1S/C24H32N2O4S/c1-18-10-11-19(2)22(16-18)26(31(4,28)29)20(3)23(27)25-17-24(12-14-30-15-13-24)21-8-6-5-7-9-21/h5-11,16,20H,12-15,17H2,1-4H3,(H,25,27). The van der Waals surface area contributed by atoms with Crippen LogP contribution in [0.4, 0.5) is 5.69 Å². The van der Waals surface area contributed by atoms with E-state index in [1.165, 1.54) is 9.87 Å². The zero-order valence-electron chi connectivity index (χ0n) is 18.7. The van der Waals surface area contributed by atoms with Gasteiger partial charge in [0.25, 0.3) is 0 Å². The molecular weight excluding hydrogens is 412 g/mol. The lowest BCUT2D eigenvalue weighted by Gasteiger charge is -2.38. The fourth-order valence-electron chi connectivity index (χ4n) is 4.26. The first-order valence-corrected chi connectivity index (χ1v) is 12.5. The van der Waals surface area contributed by atoms with Crippen LogP contribution in [-0.4, -0.2) is 46.4 Å². The molecule has 0 aromatic heterocycles. The van der Waals surface area contributed by atoms with Crippen LogP contribution in [-0.2, 0) is 25.0 Å². The fraction of sp³-hybridized carbons (Fsp3) is 0.458. The second-order valence-electron chi connectivity index (χ2n) is 8.50. The van der Waals surface area contributed by atoms with Gasteiger partial charge in [0.2, 0.25) is 15.9 Å². The van der Waals surface area contributed by atoms with E-state index in [4.69, 9.17) is 4.74 Å². The van der Waals surface area contributed by atoms with Gasteiger partial charge in [-0.2, -0.15) is 0 Å². The molecule has 7 heteroatoms. The molecule has 1 atom stereocenters. The summed E-state index contributed by atoms with van der Waals surface area (Å²) in [6.07, 6.45) is 2.75. The van der Waals surface area contributed by atoms with Crippen LogP contribution < -0.4 is 9.62 Å². The molecule has 31 heavy (non-hydrogen) atoms. The summed E-state index contributed by atoms with van der Waals surface area (Å²) < 4.78 is 32.1. The topological polar surface area (TPSA) is 75.7 Å². The van der Waals surface area contributed by atoms with Gasteiger partial charge in [0.1, 0.15) is 6.04 Å². The maximum Gasteiger partial charge on any atom is 0.243 e. The second kappa shape index (κ2) is 9.40. The first-order valence-electron chi connectivity index (χ1n) is 10.6. The highest BCUT2D eigenvalue weighted by molar-refractivity contribution is 7.92. The van der Waals surface area contributed by atoms with E-state index in [1.807, 2.05) is 50.2 Å². The highest BCUT2D eigenvalue weighted by Gasteiger charge is 2.36. The normalized spacial score (nSPS) is 17.0. The van der Waals surface area contributed by atoms with Crippen LogP contribution in [0.1, 0.15) is 36.5 Å². The predicted octanol–water partition coefficient (Wildman–Crippen LogP) is 3.32. The molecule has 1 unspecified atom stereocenters. The van der Waals surface area contributed by atoms with E-state index in [9.17, 15) is 13.2 Å². The molecule has 0 radical (unpaired) electrons. The van der Waals surface area contributed by atoms with Crippen molar-refractivity contribution in [2.75, 3.05) is 30.3 Å². The molecule has 0 bridgehead atoms. The Morgan fingerprint density at radius 3 is 2.39 bits per heavy atom. The third-order valence-corrected chi connectivity index (χ3v) is 7.36. The molecular formula is C24H32N2O4S. The summed E-state index contributed by atoms with van der Waals surface area (Å²) in [6.45, 7) is 7.11.